The van der Waals surface area contributed by atoms with Gasteiger partial charge < -0.3 is 14.5 Å². The Balaban J connectivity index is 2.46. The van der Waals surface area contributed by atoms with Gasteiger partial charge in [0.05, 0.1) is 13.2 Å². The molecule has 0 spiro atoms. The highest BCUT2D eigenvalue weighted by atomic mass is 16.5. The number of aromatic nitrogens is 1. The van der Waals surface area contributed by atoms with Crippen molar-refractivity contribution in [2.75, 3.05) is 13.2 Å². The van der Waals surface area contributed by atoms with Crippen LogP contribution in [0.25, 0.3) is 11.1 Å². The molecule has 0 fully saturated rings. The number of carbonyl (C=O) groups excluding carboxylic acids is 1. The van der Waals surface area contributed by atoms with Crippen LogP contribution >= 0.6 is 0 Å². The summed E-state index contributed by atoms with van der Waals surface area (Å²) in [5.41, 5.74) is 2.20. The van der Waals surface area contributed by atoms with Gasteiger partial charge in [0.2, 0.25) is 5.88 Å². The first-order valence-electron chi connectivity index (χ1n) is 6.34. The first-order chi connectivity index (χ1) is 9.27. The molecule has 19 heavy (non-hydrogen) atoms. The van der Waals surface area contributed by atoms with Gasteiger partial charge in [-0.3, -0.25) is 0 Å². The molecule has 1 heterocycles. The maximum Gasteiger partial charge on any atom is 0.344 e. The van der Waals surface area contributed by atoms with Crippen LogP contribution in [0.2, 0.25) is 0 Å². The molecular weight excluding hydrogens is 242 g/mol. The van der Waals surface area contributed by atoms with Gasteiger partial charge in [0.25, 0.3) is 0 Å². The Morgan fingerprint density at radius 1 is 1.16 bits per heavy atom. The molecule has 0 aliphatic heterocycles. The van der Waals surface area contributed by atoms with Gasteiger partial charge in [-0.25, -0.2) is 4.79 Å². The third-order valence-corrected chi connectivity index (χ3v) is 2.70. The van der Waals surface area contributed by atoms with E-state index in [-0.39, 0.29) is 5.97 Å². The van der Waals surface area contributed by atoms with Crippen LogP contribution in [0, 0.1) is 0 Å². The predicted molar refractivity (Wildman–Crippen MR) is 73.4 cm³/mol. The molecule has 0 atom stereocenters. The molecule has 0 saturated carbocycles. The molecule has 2 rings (SSSR count). The zero-order chi connectivity index (χ0) is 13.7. The highest BCUT2D eigenvalue weighted by Gasteiger charge is 2.21. The number of nitrogens with one attached hydrogen (secondary N) is 1. The number of hydrogen-bond donors (Lipinski definition) is 1. The lowest BCUT2D eigenvalue weighted by Gasteiger charge is -2.07. The Kier molecular flexibility index (Phi) is 4.23. The average Bonchev–Trinajstić information content (AvgIpc) is 2.84. The Morgan fingerprint density at radius 2 is 1.89 bits per heavy atom. The lowest BCUT2D eigenvalue weighted by molar-refractivity contribution is 0.0523. The number of ether oxygens (including phenoxy) is 2. The first kappa shape index (κ1) is 13.2. The Labute approximate surface area is 112 Å². The van der Waals surface area contributed by atoms with Crippen molar-refractivity contribution in [3.8, 4) is 17.0 Å². The molecule has 0 aliphatic rings. The van der Waals surface area contributed by atoms with Gasteiger partial charge in [-0.2, -0.15) is 0 Å². The molecule has 0 amide bonds. The van der Waals surface area contributed by atoms with E-state index >= 15 is 0 Å². The quantitative estimate of drug-likeness (QED) is 0.838. The summed E-state index contributed by atoms with van der Waals surface area (Å²) in [5, 5.41) is 0. The van der Waals surface area contributed by atoms with Crippen molar-refractivity contribution in [1.82, 2.24) is 4.98 Å². The van der Waals surface area contributed by atoms with Gasteiger partial charge in [-0.15, -0.1) is 0 Å². The van der Waals surface area contributed by atoms with Crippen LogP contribution in [0.15, 0.2) is 36.5 Å². The molecular formula is C15H17NO3. The van der Waals surface area contributed by atoms with E-state index in [9.17, 15) is 4.79 Å². The Hall–Kier alpha value is -2.23. The van der Waals surface area contributed by atoms with Crippen molar-refractivity contribution in [1.29, 1.82) is 0 Å². The van der Waals surface area contributed by atoms with E-state index in [1.807, 2.05) is 37.3 Å². The van der Waals surface area contributed by atoms with Crippen LogP contribution in [-0.4, -0.2) is 24.2 Å². The third kappa shape index (κ3) is 2.78. The minimum absolute atomic E-state index is 0.337. The van der Waals surface area contributed by atoms with E-state index in [4.69, 9.17) is 9.47 Å². The molecule has 100 valence electrons. The van der Waals surface area contributed by atoms with Crippen molar-refractivity contribution in [2.45, 2.75) is 13.8 Å². The fourth-order valence-corrected chi connectivity index (χ4v) is 1.91. The number of esters is 1. The van der Waals surface area contributed by atoms with Crippen molar-refractivity contribution in [3.63, 3.8) is 0 Å². The molecule has 4 heteroatoms. The standard InChI is InChI=1S/C15H17NO3/c1-3-18-14-13(15(17)19-4-2)12(10-16-14)11-8-6-5-7-9-11/h5-10,16H,3-4H2,1-2H3. The molecule has 2 aromatic rings. The van der Waals surface area contributed by atoms with Gasteiger partial charge in [0.15, 0.2) is 0 Å². The van der Waals surface area contributed by atoms with Crippen molar-refractivity contribution < 1.29 is 14.3 Å². The summed E-state index contributed by atoms with van der Waals surface area (Å²) in [6.07, 6.45) is 1.77. The lowest BCUT2D eigenvalue weighted by atomic mass is 10.0. The maximum atomic E-state index is 12.1. The highest BCUT2D eigenvalue weighted by molar-refractivity contribution is 5.99. The number of H-pyrrole nitrogens is 1. The zero-order valence-electron chi connectivity index (χ0n) is 11.1. The number of benzene rings is 1. The predicted octanol–water partition coefficient (Wildman–Crippen LogP) is 3.26. The van der Waals surface area contributed by atoms with Gasteiger partial charge in [-0.05, 0) is 19.4 Å². The van der Waals surface area contributed by atoms with Crippen LogP contribution in [0.5, 0.6) is 5.88 Å². The molecule has 1 aromatic heterocycles. The fourth-order valence-electron chi connectivity index (χ4n) is 1.91. The van der Waals surface area contributed by atoms with E-state index in [0.29, 0.717) is 24.7 Å². The summed E-state index contributed by atoms with van der Waals surface area (Å²) < 4.78 is 10.5. The number of rotatable bonds is 5. The molecule has 0 unspecified atom stereocenters. The molecule has 1 N–H and O–H groups in total. The van der Waals surface area contributed by atoms with E-state index in [1.54, 1.807) is 13.1 Å². The smallest absolute Gasteiger partial charge is 0.344 e. The molecule has 4 nitrogen and oxygen atoms in total. The minimum atomic E-state index is -0.369. The molecule has 0 bridgehead atoms. The second-order valence-electron chi connectivity index (χ2n) is 3.93. The van der Waals surface area contributed by atoms with Gasteiger partial charge >= 0.3 is 5.97 Å². The third-order valence-electron chi connectivity index (χ3n) is 2.70. The second kappa shape index (κ2) is 6.09. The van der Waals surface area contributed by atoms with Crippen molar-refractivity contribution in [3.05, 3.63) is 42.1 Å². The van der Waals surface area contributed by atoms with Crippen LogP contribution in [0.4, 0.5) is 0 Å². The van der Waals surface area contributed by atoms with E-state index in [2.05, 4.69) is 4.98 Å². The van der Waals surface area contributed by atoms with Gasteiger partial charge in [0.1, 0.15) is 5.56 Å². The minimum Gasteiger partial charge on any atom is -0.479 e. The Bertz CT molecular complexity index is 546. The summed E-state index contributed by atoms with van der Waals surface area (Å²) in [6, 6.07) is 9.68. The van der Waals surface area contributed by atoms with E-state index < -0.39 is 0 Å². The SMILES string of the molecule is CCOC(=O)c1c(-c2ccccc2)c[nH]c1OCC. The van der Waals surface area contributed by atoms with Crippen molar-refractivity contribution in [2.24, 2.45) is 0 Å². The number of aromatic amines is 1. The molecule has 0 radical (unpaired) electrons. The summed E-state index contributed by atoms with van der Waals surface area (Å²) in [5.74, 6) is 0.0888. The van der Waals surface area contributed by atoms with Crippen LogP contribution in [0.1, 0.15) is 24.2 Å². The first-order valence-corrected chi connectivity index (χ1v) is 6.34. The van der Waals surface area contributed by atoms with Gasteiger partial charge in [0, 0.05) is 11.8 Å². The fraction of sp³-hybridized carbons (Fsp3) is 0.267. The average molecular weight is 259 g/mol. The van der Waals surface area contributed by atoms with Crippen molar-refractivity contribution >= 4 is 5.97 Å². The number of carbonyl (C=O) groups is 1. The number of hydrogen-bond acceptors (Lipinski definition) is 3. The van der Waals surface area contributed by atoms with E-state index in [1.165, 1.54) is 0 Å². The van der Waals surface area contributed by atoms with Crippen LogP contribution in [-0.2, 0) is 4.74 Å². The largest absolute Gasteiger partial charge is 0.479 e. The van der Waals surface area contributed by atoms with Crippen LogP contribution < -0.4 is 4.74 Å². The monoisotopic (exact) mass is 259 g/mol. The normalized spacial score (nSPS) is 10.2. The van der Waals surface area contributed by atoms with Gasteiger partial charge in [-0.1, -0.05) is 30.3 Å². The highest BCUT2D eigenvalue weighted by Crippen LogP contribution is 2.31. The zero-order valence-corrected chi connectivity index (χ0v) is 11.1. The molecule has 0 aliphatic carbocycles. The lowest BCUT2D eigenvalue weighted by Crippen LogP contribution is -2.07. The molecule has 0 saturated heterocycles. The maximum absolute atomic E-state index is 12.1. The summed E-state index contributed by atoms with van der Waals surface area (Å²) in [6.45, 7) is 4.48. The van der Waals surface area contributed by atoms with E-state index in [0.717, 1.165) is 11.1 Å². The van der Waals surface area contributed by atoms with Crippen LogP contribution in [0.3, 0.4) is 0 Å². The Morgan fingerprint density at radius 3 is 2.53 bits per heavy atom. The topological polar surface area (TPSA) is 51.3 Å². The summed E-state index contributed by atoms with van der Waals surface area (Å²) in [4.78, 5) is 15.1. The summed E-state index contributed by atoms with van der Waals surface area (Å²) in [7, 11) is 0. The summed E-state index contributed by atoms with van der Waals surface area (Å²) >= 11 is 0. The molecule has 1 aromatic carbocycles. The second-order valence-corrected chi connectivity index (χ2v) is 3.93.